The van der Waals surface area contributed by atoms with Crippen molar-refractivity contribution in [2.45, 2.75) is 145 Å². The van der Waals surface area contributed by atoms with Crippen molar-refractivity contribution in [3.05, 3.63) is 24.3 Å². The Hall–Kier alpha value is -1.00. The van der Waals surface area contributed by atoms with Gasteiger partial charge in [-0.1, -0.05) is 38.2 Å². The van der Waals surface area contributed by atoms with E-state index in [2.05, 4.69) is 0 Å². The van der Waals surface area contributed by atoms with E-state index in [4.69, 9.17) is 15.2 Å². The molecular formula is C31H59NO11. The molecule has 0 aliphatic carbocycles. The summed E-state index contributed by atoms with van der Waals surface area (Å²) in [5.41, 5.74) is 5.40. The molecule has 1 heterocycles. The molecule has 12 nitrogen and oxygen atoms in total. The van der Waals surface area contributed by atoms with Crippen molar-refractivity contribution >= 4 is 0 Å². The van der Waals surface area contributed by atoms with E-state index < -0.39 is 60.7 Å². The van der Waals surface area contributed by atoms with Crippen LogP contribution < -0.4 is 5.73 Å². The molecule has 0 saturated carbocycles. The number of aliphatic hydroxyl groups is 9. The van der Waals surface area contributed by atoms with Crippen LogP contribution in [0.25, 0.3) is 0 Å². The maximum atomic E-state index is 10.4. The van der Waals surface area contributed by atoms with Gasteiger partial charge in [0.05, 0.1) is 68.1 Å². The highest BCUT2D eigenvalue weighted by atomic mass is 16.7. The largest absolute Gasteiger partial charge is 0.393 e. The molecular weight excluding hydrogens is 562 g/mol. The zero-order valence-corrected chi connectivity index (χ0v) is 25.9. The second-order valence-electron chi connectivity index (χ2n) is 12.3. The maximum absolute atomic E-state index is 10.4. The van der Waals surface area contributed by atoms with E-state index in [9.17, 15) is 46.0 Å². The minimum Gasteiger partial charge on any atom is -0.393 e. The normalized spacial score (nSPS) is 22.1. The molecule has 0 radical (unpaired) electrons. The molecule has 1 rings (SSSR count). The molecule has 1 aliphatic heterocycles. The molecule has 0 amide bonds. The molecule has 1 fully saturated rings. The van der Waals surface area contributed by atoms with Crippen LogP contribution in [0.2, 0.25) is 0 Å². The average Bonchev–Trinajstić information content (AvgIpc) is 3.36. The van der Waals surface area contributed by atoms with E-state index in [-0.39, 0.29) is 63.7 Å². The Balaban J connectivity index is 2.28. The van der Waals surface area contributed by atoms with Crippen LogP contribution in [0.1, 0.15) is 84.5 Å². The first-order valence-corrected chi connectivity index (χ1v) is 15.7. The Morgan fingerprint density at radius 1 is 0.605 bits per heavy atom. The highest BCUT2D eigenvalue weighted by molar-refractivity contribution is 4.93. The van der Waals surface area contributed by atoms with E-state index in [1.165, 1.54) is 12.2 Å². The number of ether oxygens (including phenoxy) is 2. The van der Waals surface area contributed by atoms with Crippen LogP contribution >= 0.6 is 0 Å². The van der Waals surface area contributed by atoms with Crippen molar-refractivity contribution in [1.82, 2.24) is 0 Å². The van der Waals surface area contributed by atoms with Gasteiger partial charge in [0.1, 0.15) is 0 Å². The molecule has 0 bridgehead atoms. The zero-order valence-electron chi connectivity index (χ0n) is 25.9. The second kappa shape index (κ2) is 21.7. The summed E-state index contributed by atoms with van der Waals surface area (Å²) < 4.78 is 11.4. The fourth-order valence-corrected chi connectivity index (χ4v) is 5.28. The lowest BCUT2D eigenvalue weighted by Crippen LogP contribution is -2.41. The Morgan fingerprint density at radius 3 is 1.49 bits per heavy atom. The number of nitrogens with two attached hydrogens (primary N) is 1. The number of hydrogen-bond acceptors (Lipinski definition) is 12. The first-order valence-electron chi connectivity index (χ1n) is 15.7. The zero-order chi connectivity index (χ0) is 32.4. The number of aliphatic hydroxyl groups excluding tert-OH is 9. The Bertz CT molecular complexity index is 762. The van der Waals surface area contributed by atoms with Crippen molar-refractivity contribution in [2.24, 2.45) is 11.7 Å². The fourth-order valence-electron chi connectivity index (χ4n) is 5.28. The van der Waals surface area contributed by atoms with Gasteiger partial charge in [0.2, 0.25) is 0 Å². The molecule has 0 spiro atoms. The quantitative estimate of drug-likeness (QED) is 0.0643. The van der Waals surface area contributed by atoms with Gasteiger partial charge in [-0.3, -0.25) is 0 Å². The van der Waals surface area contributed by atoms with E-state index >= 15 is 0 Å². The monoisotopic (exact) mass is 621 g/mol. The van der Waals surface area contributed by atoms with Gasteiger partial charge >= 0.3 is 0 Å². The van der Waals surface area contributed by atoms with E-state index in [0.717, 1.165) is 0 Å². The van der Waals surface area contributed by atoms with Gasteiger partial charge in [0.15, 0.2) is 5.79 Å². The summed E-state index contributed by atoms with van der Waals surface area (Å²) in [6.45, 7) is 5.28. The summed E-state index contributed by atoms with van der Waals surface area (Å²) in [5, 5.41) is 91.5. The van der Waals surface area contributed by atoms with Gasteiger partial charge < -0.3 is 61.2 Å². The van der Waals surface area contributed by atoms with Crippen LogP contribution in [-0.4, -0.2) is 126 Å². The summed E-state index contributed by atoms with van der Waals surface area (Å²) in [5.74, 6) is -0.839. The van der Waals surface area contributed by atoms with Gasteiger partial charge in [-0.15, -0.1) is 0 Å². The number of hydrogen-bond donors (Lipinski definition) is 10. The Morgan fingerprint density at radius 2 is 1.02 bits per heavy atom. The first-order chi connectivity index (χ1) is 20.3. The van der Waals surface area contributed by atoms with Crippen LogP contribution in [-0.2, 0) is 9.47 Å². The van der Waals surface area contributed by atoms with Crippen molar-refractivity contribution < 1.29 is 55.4 Å². The Kier molecular flexibility index (Phi) is 20.2. The van der Waals surface area contributed by atoms with Crippen molar-refractivity contribution in [1.29, 1.82) is 0 Å². The lowest BCUT2D eigenvalue weighted by atomic mass is 9.93. The topological polar surface area (TPSA) is 227 Å². The van der Waals surface area contributed by atoms with Crippen molar-refractivity contribution in [2.75, 3.05) is 19.8 Å². The summed E-state index contributed by atoms with van der Waals surface area (Å²) in [6, 6.07) is 0. The minimum atomic E-state index is -1.01. The third-order valence-corrected chi connectivity index (χ3v) is 7.65. The van der Waals surface area contributed by atoms with Crippen molar-refractivity contribution in [3.8, 4) is 0 Å². The lowest BCUT2D eigenvalue weighted by molar-refractivity contribution is -0.206. The molecule has 12 heteroatoms. The molecule has 43 heavy (non-hydrogen) atoms. The predicted molar refractivity (Wildman–Crippen MR) is 162 cm³/mol. The maximum Gasteiger partial charge on any atom is 0.173 e. The summed E-state index contributed by atoms with van der Waals surface area (Å²) >= 11 is 0. The van der Waals surface area contributed by atoms with E-state index in [0.29, 0.717) is 32.6 Å². The van der Waals surface area contributed by atoms with Gasteiger partial charge in [-0.25, -0.2) is 0 Å². The van der Waals surface area contributed by atoms with Crippen LogP contribution in [0.4, 0.5) is 0 Å². The molecule has 0 aromatic rings. The molecule has 9 unspecified atom stereocenters. The minimum absolute atomic E-state index is 0.00134. The highest BCUT2D eigenvalue weighted by Crippen LogP contribution is 2.33. The molecule has 0 aromatic carbocycles. The lowest BCUT2D eigenvalue weighted by Gasteiger charge is -2.33. The average molecular weight is 622 g/mol. The van der Waals surface area contributed by atoms with Crippen LogP contribution in [0.5, 0.6) is 0 Å². The van der Waals surface area contributed by atoms with Crippen LogP contribution in [0, 0.1) is 5.92 Å². The molecule has 0 aromatic heterocycles. The fraction of sp³-hybridized carbons (Fsp3) is 0.871. The molecule has 9 atom stereocenters. The van der Waals surface area contributed by atoms with Crippen LogP contribution in [0.15, 0.2) is 24.3 Å². The molecule has 1 saturated heterocycles. The van der Waals surface area contributed by atoms with E-state index in [1.54, 1.807) is 12.2 Å². The molecule has 1 aliphatic rings. The second-order valence-corrected chi connectivity index (χ2v) is 12.3. The van der Waals surface area contributed by atoms with Gasteiger partial charge in [-0.05, 0) is 57.9 Å². The summed E-state index contributed by atoms with van der Waals surface area (Å²) in [6.07, 6.45) is -0.136. The number of rotatable bonds is 24. The Labute approximate surface area is 256 Å². The molecule has 254 valence electrons. The first kappa shape index (κ1) is 40.0. The molecule has 11 N–H and O–H groups in total. The van der Waals surface area contributed by atoms with Gasteiger partial charge in [-0.2, -0.15) is 0 Å². The van der Waals surface area contributed by atoms with Crippen molar-refractivity contribution in [3.63, 3.8) is 0 Å². The predicted octanol–water partition coefficient (Wildman–Crippen LogP) is -0.00420. The third kappa shape index (κ3) is 17.9. The van der Waals surface area contributed by atoms with Crippen LogP contribution in [0.3, 0.4) is 0 Å². The van der Waals surface area contributed by atoms with Gasteiger partial charge in [0.25, 0.3) is 0 Å². The SMILES string of the molecule is CC(C)C1(CC(O)CC(O)CC(O)/C=C/CC(O)CC(O)CC(O)CC(O)/C=C/CC(O)CC(O)CCCN)OCCO1. The van der Waals surface area contributed by atoms with E-state index in [1.807, 2.05) is 13.8 Å². The summed E-state index contributed by atoms with van der Waals surface area (Å²) in [4.78, 5) is 0. The smallest absolute Gasteiger partial charge is 0.173 e. The third-order valence-electron chi connectivity index (χ3n) is 7.65. The van der Waals surface area contributed by atoms with Gasteiger partial charge in [0, 0.05) is 25.2 Å². The summed E-state index contributed by atoms with van der Waals surface area (Å²) in [7, 11) is 0. The standard InChI is InChI=1S/C31H59NO11/c1-21(2)31(42-12-13-43-31)20-30(41)19-29(40)17-25(36)9-4-8-24(35)16-28(39)18-27(38)15-23(34)7-3-6-22(33)14-26(37)10-5-11-32/h3-4,7,9,21-30,33-41H,5-6,8,10-20,32H2,1-2H3/b7-3+,9-4+. The highest BCUT2D eigenvalue weighted by Gasteiger charge is 2.41.